The molecule has 0 bridgehead atoms. The predicted molar refractivity (Wildman–Crippen MR) is 120 cm³/mol. The van der Waals surface area contributed by atoms with Crippen LogP contribution in [0.1, 0.15) is 55.2 Å². The fourth-order valence-corrected chi connectivity index (χ4v) is 6.12. The lowest BCUT2D eigenvalue weighted by Gasteiger charge is -2.40. The molecule has 30 heavy (non-hydrogen) atoms. The van der Waals surface area contributed by atoms with Gasteiger partial charge in [-0.3, -0.25) is 9.30 Å². The number of piperazine rings is 1. The maximum atomic E-state index is 10.1. The average Bonchev–Trinajstić information content (AvgIpc) is 3.46. The molecule has 5 nitrogen and oxygen atoms in total. The molecule has 154 valence electrons. The molecule has 0 radical (unpaired) electrons. The van der Waals surface area contributed by atoms with Gasteiger partial charge in [0.2, 0.25) is 0 Å². The van der Waals surface area contributed by atoms with Gasteiger partial charge in [-0.15, -0.1) is 0 Å². The van der Waals surface area contributed by atoms with Gasteiger partial charge in [0.05, 0.1) is 16.6 Å². The first-order chi connectivity index (χ1) is 14.8. The maximum absolute atomic E-state index is 10.1. The highest BCUT2D eigenvalue weighted by atomic mass is 15.3. The Morgan fingerprint density at radius 3 is 2.40 bits per heavy atom. The van der Waals surface area contributed by atoms with Crippen molar-refractivity contribution in [2.45, 2.75) is 57.4 Å². The topological polar surface area (TPSA) is 47.6 Å². The van der Waals surface area contributed by atoms with E-state index in [0.29, 0.717) is 0 Å². The third-order valence-corrected chi connectivity index (χ3v) is 7.60. The van der Waals surface area contributed by atoms with Crippen LogP contribution in [0.25, 0.3) is 16.7 Å². The molecule has 1 aliphatic heterocycles. The summed E-state index contributed by atoms with van der Waals surface area (Å²) in [5, 5.41) is 10.1. The highest BCUT2D eigenvalue weighted by Crippen LogP contribution is 2.38. The molecule has 5 heteroatoms. The van der Waals surface area contributed by atoms with Crippen LogP contribution in [0.4, 0.5) is 5.82 Å². The van der Waals surface area contributed by atoms with Gasteiger partial charge in [0.15, 0.2) is 5.65 Å². The molecule has 2 aromatic heterocycles. The first kappa shape index (κ1) is 18.2. The number of para-hydroxylation sites is 2. The Morgan fingerprint density at radius 2 is 1.63 bits per heavy atom. The Hall–Kier alpha value is -2.58. The Morgan fingerprint density at radius 1 is 0.900 bits per heavy atom. The lowest BCUT2D eigenvalue weighted by atomic mass is 9.88. The fraction of sp³-hybridized carbons (Fsp3) is 0.520. The lowest BCUT2D eigenvalue weighted by Crippen LogP contribution is -2.50. The first-order valence-electron chi connectivity index (χ1n) is 11.7. The van der Waals surface area contributed by atoms with Gasteiger partial charge in [-0.25, -0.2) is 4.98 Å². The summed E-state index contributed by atoms with van der Waals surface area (Å²) in [4.78, 5) is 10.3. The van der Waals surface area contributed by atoms with E-state index < -0.39 is 0 Å². The summed E-state index contributed by atoms with van der Waals surface area (Å²) in [6, 6.07) is 11.7. The zero-order chi connectivity index (χ0) is 20.1. The Labute approximate surface area is 177 Å². The Balaban J connectivity index is 1.50. The average molecular weight is 400 g/mol. The third-order valence-electron chi connectivity index (χ3n) is 7.60. The van der Waals surface area contributed by atoms with Crippen molar-refractivity contribution in [1.82, 2.24) is 14.3 Å². The smallest absolute Gasteiger partial charge is 0.157 e. The van der Waals surface area contributed by atoms with Crippen LogP contribution in [-0.4, -0.2) is 46.5 Å². The van der Waals surface area contributed by atoms with Crippen molar-refractivity contribution in [3.05, 3.63) is 41.0 Å². The second-order valence-electron chi connectivity index (χ2n) is 9.20. The van der Waals surface area contributed by atoms with Gasteiger partial charge in [-0.05, 0) is 61.8 Å². The number of hydrogen-bond acceptors (Lipinski definition) is 4. The molecule has 1 saturated heterocycles. The fourth-order valence-electron chi connectivity index (χ4n) is 6.12. The predicted octanol–water partition coefficient (Wildman–Crippen LogP) is 4.30. The van der Waals surface area contributed by atoms with Gasteiger partial charge in [0.25, 0.3) is 0 Å². The van der Waals surface area contributed by atoms with Crippen LogP contribution >= 0.6 is 0 Å². The van der Waals surface area contributed by atoms with Crippen LogP contribution in [0.2, 0.25) is 0 Å². The van der Waals surface area contributed by atoms with E-state index in [2.05, 4.69) is 38.5 Å². The summed E-state index contributed by atoms with van der Waals surface area (Å²) in [6.07, 6.45) is 10.0. The zero-order valence-electron chi connectivity index (χ0n) is 17.6. The molecule has 0 unspecified atom stereocenters. The Bertz CT molecular complexity index is 1140. The minimum atomic E-state index is 0.800. The van der Waals surface area contributed by atoms with Crippen LogP contribution in [0.5, 0.6) is 0 Å². The van der Waals surface area contributed by atoms with Crippen molar-refractivity contribution in [3.8, 4) is 6.07 Å². The van der Waals surface area contributed by atoms with Gasteiger partial charge in [0.1, 0.15) is 11.9 Å². The normalized spacial score (nSPS) is 20.7. The van der Waals surface area contributed by atoms with Gasteiger partial charge >= 0.3 is 0 Å². The summed E-state index contributed by atoms with van der Waals surface area (Å²) in [7, 11) is 0. The van der Waals surface area contributed by atoms with Crippen molar-refractivity contribution in [3.63, 3.8) is 0 Å². The molecule has 3 aliphatic rings. The van der Waals surface area contributed by atoms with E-state index in [1.165, 1.54) is 55.5 Å². The Kier molecular flexibility index (Phi) is 4.42. The molecule has 0 amide bonds. The molecular formula is C25H29N5. The number of imidazole rings is 1. The number of hydrogen-bond donors (Lipinski definition) is 0. The lowest BCUT2D eigenvalue weighted by molar-refractivity contribution is 0.187. The number of fused-ring (bicyclic) bond motifs is 4. The molecule has 3 aromatic rings. The number of aromatic nitrogens is 2. The van der Waals surface area contributed by atoms with Crippen molar-refractivity contribution >= 4 is 22.5 Å². The molecule has 0 atom stereocenters. The first-order valence-corrected chi connectivity index (χ1v) is 11.7. The quantitative estimate of drug-likeness (QED) is 0.645. The van der Waals surface area contributed by atoms with E-state index in [9.17, 15) is 5.26 Å². The SMILES string of the molecule is N#Cc1c2c(c(N3CCN(C4CCCC4)CC3)n3c1nc1ccccc13)CCCC2. The summed E-state index contributed by atoms with van der Waals surface area (Å²) in [6.45, 7) is 4.42. The minimum absolute atomic E-state index is 0.800. The van der Waals surface area contributed by atoms with Crippen LogP contribution in [-0.2, 0) is 12.8 Å². The van der Waals surface area contributed by atoms with Crippen molar-refractivity contribution in [2.24, 2.45) is 0 Å². The summed E-state index contributed by atoms with van der Waals surface area (Å²) in [5.41, 5.74) is 6.44. The van der Waals surface area contributed by atoms with E-state index in [4.69, 9.17) is 4.98 Å². The molecule has 0 spiro atoms. The van der Waals surface area contributed by atoms with Gasteiger partial charge in [-0.2, -0.15) is 5.26 Å². The number of nitrogens with zero attached hydrogens (tertiary/aromatic N) is 5. The molecule has 3 heterocycles. The van der Waals surface area contributed by atoms with E-state index >= 15 is 0 Å². The second kappa shape index (κ2) is 7.28. The van der Waals surface area contributed by atoms with Crippen LogP contribution in [0, 0.1) is 11.3 Å². The molecular weight excluding hydrogens is 370 g/mol. The molecule has 1 aromatic carbocycles. The molecule has 2 aliphatic carbocycles. The highest BCUT2D eigenvalue weighted by molar-refractivity contribution is 5.86. The molecule has 2 fully saturated rings. The highest BCUT2D eigenvalue weighted by Gasteiger charge is 2.31. The van der Waals surface area contributed by atoms with E-state index in [1.807, 2.05) is 6.07 Å². The number of benzene rings is 1. The standard InChI is InChI=1S/C25H29N5/c26-17-21-19-9-3-4-10-20(19)25(30-23-12-6-5-11-22(23)27-24(21)30)29-15-13-28(14-16-29)18-7-1-2-8-18/h5-6,11-12,18H,1-4,7-10,13-16H2. The number of rotatable bonds is 2. The molecule has 6 rings (SSSR count). The zero-order valence-corrected chi connectivity index (χ0v) is 17.6. The maximum Gasteiger partial charge on any atom is 0.157 e. The van der Waals surface area contributed by atoms with E-state index in [1.54, 1.807) is 0 Å². The van der Waals surface area contributed by atoms with Crippen LogP contribution in [0.15, 0.2) is 24.3 Å². The van der Waals surface area contributed by atoms with Crippen molar-refractivity contribution < 1.29 is 0 Å². The van der Waals surface area contributed by atoms with Gasteiger partial charge in [-0.1, -0.05) is 25.0 Å². The van der Waals surface area contributed by atoms with Crippen molar-refractivity contribution in [2.75, 3.05) is 31.1 Å². The van der Waals surface area contributed by atoms with Gasteiger partial charge in [0, 0.05) is 32.2 Å². The molecule has 1 saturated carbocycles. The number of anilines is 1. The number of pyridine rings is 1. The van der Waals surface area contributed by atoms with Crippen molar-refractivity contribution in [1.29, 1.82) is 5.26 Å². The monoisotopic (exact) mass is 399 g/mol. The third kappa shape index (κ3) is 2.74. The summed E-state index contributed by atoms with van der Waals surface area (Å²) < 4.78 is 2.31. The van der Waals surface area contributed by atoms with Gasteiger partial charge < -0.3 is 4.90 Å². The van der Waals surface area contributed by atoms with E-state index in [-0.39, 0.29) is 0 Å². The molecule has 0 N–H and O–H groups in total. The summed E-state index contributed by atoms with van der Waals surface area (Å²) in [5.74, 6) is 1.32. The van der Waals surface area contributed by atoms with Crippen LogP contribution in [0.3, 0.4) is 0 Å². The minimum Gasteiger partial charge on any atom is -0.355 e. The van der Waals surface area contributed by atoms with E-state index in [0.717, 1.165) is 67.3 Å². The van der Waals surface area contributed by atoms with Crippen LogP contribution < -0.4 is 4.90 Å². The summed E-state index contributed by atoms with van der Waals surface area (Å²) >= 11 is 0. The second-order valence-corrected chi connectivity index (χ2v) is 9.20. The number of nitriles is 1. The largest absolute Gasteiger partial charge is 0.355 e.